The number of amides is 2. The molecular formula is C26H25N3O2. The normalized spacial score (nSPS) is 14.4. The predicted molar refractivity (Wildman–Crippen MR) is 125 cm³/mol. The van der Waals surface area contributed by atoms with Crippen LogP contribution >= 0.6 is 0 Å². The molecule has 156 valence electrons. The summed E-state index contributed by atoms with van der Waals surface area (Å²) in [4.78, 5) is 26.1. The summed E-state index contributed by atoms with van der Waals surface area (Å²) in [5.41, 5.74) is 9.29. The summed E-state index contributed by atoms with van der Waals surface area (Å²) in [6, 6.07) is 8.32. The summed E-state index contributed by atoms with van der Waals surface area (Å²) >= 11 is 0. The van der Waals surface area contributed by atoms with Crippen LogP contribution in [-0.4, -0.2) is 20.9 Å². The first-order valence-corrected chi connectivity index (χ1v) is 10.4. The number of carbonyl (C=O) groups excluding carboxylic acids is 2. The zero-order chi connectivity index (χ0) is 22.2. The summed E-state index contributed by atoms with van der Waals surface area (Å²) in [5, 5.41) is 4.54. The number of nitrogens with zero attached hydrogens (tertiary/aromatic N) is 2. The van der Waals surface area contributed by atoms with E-state index in [0.717, 1.165) is 44.1 Å². The summed E-state index contributed by atoms with van der Waals surface area (Å²) < 4.78 is 4.05. The molecule has 1 aliphatic heterocycles. The first kappa shape index (κ1) is 19.4. The summed E-state index contributed by atoms with van der Waals surface area (Å²) in [5.74, 6) is -0.680. The molecule has 1 aliphatic rings. The van der Waals surface area contributed by atoms with Crippen LogP contribution in [0.15, 0.2) is 36.7 Å². The maximum absolute atomic E-state index is 13.1. The lowest BCUT2D eigenvalue weighted by Crippen LogP contribution is -2.22. The van der Waals surface area contributed by atoms with E-state index in [9.17, 15) is 9.59 Å². The standard InChI is InChI=1S/C26H25N3O2/c1-13-7-8-17-18(11-28(5)20(17)9-13)23-24(26(31)27-25(23)30)19-12-29(6)21-10-14(2)15(3)16(4)22(19)21/h7-12H,1-6H3,(H,27,30,31). The van der Waals surface area contributed by atoms with Crippen molar-refractivity contribution in [3.63, 3.8) is 0 Å². The van der Waals surface area contributed by atoms with Gasteiger partial charge in [0, 0.05) is 59.4 Å². The second kappa shape index (κ2) is 6.45. The van der Waals surface area contributed by atoms with Gasteiger partial charge in [0.2, 0.25) is 0 Å². The monoisotopic (exact) mass is 411 g/mol. The number of aryl methyl sites for hydroxylation is 5. The Morgan fingerprint density at radius 3 is 2.06 bits per heavy atom. The molecule has 0 spiro atoms. The molecule has 0 bridgehead atoms. The van der Waals surface area contributed by atoms with Gasteiger partial charge < -0.3 is 9.13 Å². The molecule has 0 aliphatic carbocycles. The van der Waals surface area contributed by atoms with Gasteiger partial charge in [-0.1, -0.05) is 12.1 Å². The molecule has 0 saturated carbocycles. The second-order valence-electron chi connectivity index (χ2n) is 8.70. The van der Waals surface area contributed by atoms with E-state index in [1.165, 1.54) is 11.1 Å². The number of carbonyl (C=O) groups is 2. The van der Waals surface area contributed by atoms with Gasteiger partial charge in [-0.05, 0) is 62.1 Å². The van der Waals surface area contributed by atoms with Gasteiger partial charge in [0.15, 0.2) is 0 Å². The average Bonchev–Trinajstić information content (AvgIpc) is 3.31. The lowest BCUT2D eigenvalue weighted by Gasteiger charge is -2.10. The van der Waals surface area contributed by atoms with E-state index in [0.29, 0.717) is 11.1 Å². The number of hydrogen-bond donors (Lipinski definition) is 1. The van der Waals surface area contributed by atoms with Gasteiger partial charge in [0.25, 0.3) is 11.8 Å². The van der Waals surface area contributed by atoms with Gasteiger partial charge in [0.1, 0.15) is 0 Å². The van der Waals surface area contributed by atoms with E-state index in [4.69, 9.17) is 0 Å². The Morgan fingerprint density at radius 2 is 1.35 bits per heavy atom. The van der Waals surface area contributed by atoms with Gasteiger partial charge in [-0.3, -0.25) is 14.9 Å². The SMILES string of the molecule is Cc1ccc2c(C3=C(c4cn(C)c5cc(C)c(C)c(C)c45)C(=O)NC3=O)cn(C)c2c1. The molecule has 0 atom stereocenters. The number of nitrogens with one attached hydrogen (secondary N) is 1. The Bertz CT molecular complexity index is 1490. The van der Waals surface area contributed by atoms with Crippen LogP contribution in [0.5, 0.6) is 0 Å². The molecule has 2 aromatic carbocycles. The Balaban J connectivity index is 1.90. The van der Waals surface area contributed by atoms with Crippen LogP contribution in [0.3, 0.4) is 0 Å². The average molecular weight is 412 g/mol. The van der Waals surface area contributed by atoms with Gasteiger partial charge in [-0.15, -0.1) is 0 Å². The van der Waals surface area contributed by atoms with Crippen molar-refractivity contribution in [3.8, 4) is 0 Å². The maximum atomic E-state index is 13.1. The van der Waals surface area contributed by atoms with Crippen LogP contribution in [0.2, 0.25) is 0 Å². The zero-order valence-corrected chi connectivity index (χ0v) is 18.7. The topological polar surface area (TPSA) is 56.0 Å². The van der Waals surface area contributed by atoms with Crippen LogP contribution in [0.25, 0.3) is 33.0 Å². The molecule has 0 unspecified atom stereocenters. The molecular weight excluding hydrogens is 386 g/mol. The Hall–Kier alpha value is -3.60. The van der Waals surface area contributed by atoms with E-state index < -0.39 is 0 Å². The van der Waals surface area contributed by atoms with Crippen molar-refractivity contribution in [3.05, 3.63) is 70.0 Å². The fraction of sp³-hybridized carbons (Fsp3) is 0.231. The van der Waals surface area contributed by atoms with Crippen molar-refractivity contribution in [1.82, 2.24) is 14.5 Å². The molecule has 3 heterocycles. The molecule has 1 N–H and O–H groups in total. The highest BCUT2D eigenvalue weighted by molar-refractivity contribution is 6.50. The van der Waals surface area contributed by atoms with Crippen LogP contribution in [-0.2, 0) is 23.7 Å². The van der Waals surface area contributed by atoms with Gasteiger partial charge in [-0.2, -0.15) is 0 Å². The van der Waals surface area contributed by atoms with E-state index in [1.807, 2.05) is 54.7 Å². The molecule has 4 aromatic rings. The number of aromatic nitrogens is 2. The second-order valence-corrected chi connectivity index (χ2v) is 8.70. The molecule has 0 radical (unpaired) electrons. The first-order chi connectivity index (χ1) is 14.7. The largest absolute Gasteiger partial charge is 0.350 e. The summed E-state index contributed by atoms with van der Waals surface area (Å²) in [7, 11) is 3.95. The Morgan fingerprint density at radius 1 is 0.742 bits per heavy atom. The van der Waals surface area contributed by atoms with Crippen molar-refractivity contribution in [2.24, 2.45) is 14.1 Å². The number of rotatable bonds is 2. The lowest BCUT2D eigenvalue weighted by atomic mass is 9.92. The highest BCUT2D eigenvalue weighted by Crippen LogP contribution is 2.40. The zero-order valence-electron chi connectivity index (χ0n) is 18.7. The van der Waals surface area contributed by atoms with Crippen molar-refractivity contribution in [1.29, 1.82) is 0 Å². The van der Waals surface area contributed by atoms with Gasteiger partial charge >= 0.3 is 0 Å². The van der Waals surface area contributed by atoms with Crippen molar-refractivity contribution in [2.75, 3.05) is 0 Å². The molecule has 5 heteroatoms. The molecule has 5 nitrogen and oxygen atoms in total. The first-order valence-electron chi connectivity index (χ1n) is 10.4. The predicted octanol–water partition coefficient (Wildman–Crippen LogP) is 4.47. The van der Waals surface area contributed by atoms with Crippen molar-refractivity contribution >= 4 is 44.8 Å². The number of benzene rings is 2. The molecule has 0 saturated heterocycles. The summed E-state index contributed by atoms with van der Waals surface area (Å²) in [6.07, 6.45) is 3.92. The fourth-order valence-electron chi connectivity index (χ4n) is 4.86. The van der Waals surface area contributed by atoms with E-state index in [-0.39, 0.29) is 11.8 Å². The fourth-order valence-corrected chi connectivity index (χ4v) is 4.86. The third-order valence-electron chi connectivity index (χ3n) is 6.73. The Kier molecular flexibility index (Phi) is 4.03. The van der Waals surface area contributed by atoms with E-state index in [1.54, 1.807) is 0 Å². The highest BCUT2D eigenvalue weighted by Gasteiger charge is 2.35. The van der Waals surface area contributed by atoms with Crippen molar-refractivity contribution < 1.29 is 9.59 Å². The van der Waals surface area contributed by atoms with Gasteiger partial charge in [0.05, 0.1) is 11.1 Å². The third-order valence-corrected chi connectivity index (χ3v) is 6.73. The van der Waals surface area contributed by atoms with Crippen molar-refractivity contribution in [2.45, 2.75) is 27.7 Å². The summed E-state index contributed by atoms with van der Waals surface area (Å²) in [6.45, 7) is 8.34. The quantitative estimate of drug-likeness (QED) is 0.495. The number of imide groups is 1. The minimum atomic E-state index is -0.341. The van der Waals surface area contributed by atoms with Crippen LogP contribution in [0, 0.1) is 27.7 Å². The molecule has 5 rings (SSSR count). The van der Waals surface area contributed by atoms with Crippen LogP contribution in [0.1, 0.15) is 33.4 Å². The number of hydrogen-bond acceptors (Lipinski definition) is 2. The smallest absolute Gasteiger partial charge is 0.259 e. The Labute approximate surface area is 181 Å². The minimum absolute atomic E-state index is 0.339. The molecule has 2 amide bonds. The molecule has 2 aromatic heterocycles. The highest BCUT2D eigenvalue weighted by atomic mass is 16.2. The maximum Gasteiger partial charge on any atom is 0.259 e. The minimum Gasteiger partial charge on any atom is -0.350 e. The van der Waals surface area contributed by atoms with Crippen LogP contribution in [0.4, 0.5) is 0 Å². The number of fused-ring (bicyclic) bond motifs is 2. The molecule has 31 heavy (non-hydrogen) atoms. The third kappa shape index (κ3) is 2.62. The van der Waals surface area contributed by atoms with E-state index in [2.05, 4.69) is 38.2 Å². The van der Waals surface area contributed by atoms with E-state index >= 15 is 0 Å². The van der Waals surface area contributed by atoms with Crippen LogP contribution < -0.4 is 5.32 Å². The van der Waals surface area contributed by atoms with Gasteiger partial charge in [-0.25, -0.2) is 0 Å². The lowest BCUT2D eigenvalue weighted by molar-refractivity contribution is -0.122. The molecule has 0 fully saturated rings.